The van der Waals surface area contributed by atoms with E-state index >= 15 is 0 Å². The first kappa shape index (κ1) is 20.7. The molecule has 0 aliphatic carbocycles. The minimum atomic E-state index is -4.89. The molecular formula is C17H15F4N3O4S. The summed E-state index contributed by atoms with van der Waals surface area (Å²) in [6.07, 6.45) is -4.89. The van der Waals surface area contributed by atoms with Gasteiger partial charge in [0.1, 0.15) is 11.6 Å². The average molecular weight is 433 g/mol. The lowest BCUT2D eigenvalue weighted by atomic mass is 10.2. The zero-order valence-electron chi connectivity index (χ0n) is 14.9. The maximum atomic E-state index is 13.5. The SMILES string of the molecule is CN1c2ccc(F)cc2N(CCNC(=O)c2cccc(OC(F)(F)F)c2)S1(=O)=O. The summed E-state index contributed by atoms with van der Waals surface area (Å²) >= 11 is 0. The maximum absolute atomic E-state index is 13.5. The second-order valence-electron chi connectivity index (χ2n) is 6.01. The van der Waals surface area contributed by atoms with Crippen LogP contribution in [-0.2, 0) is 10.2 Å². The lowest BCUT2D eigenvalue weighted by Gasteiger charge is -2.19. The molecule has 1 amide bonds. The predicted molar refractivity (Wildman–Crippen MR) is 96.5 cm³/mol. The van der Waals surface area contributed by atoms with E-state index in [0.717, 1.165) is 32.9 Å². The Kier molecular flexibility index (Phi) is 5.30. The third-order valence-electron chi connectivity index (χ3n) is 4.10. The molecule has 0 fully saturated rings. The van der Waals surface area contributed by atoms with Crippen LogP contribution in [0.25, 0.3) is 0 Å². The van der Waals surface area contributed by atoms with Crippen LogP contribution in [0.4, 0.5) is 28.9 Å². The molecule has 0 spiro atoms. The van der Waals surface area contributed by atoms with Gasteiger partial charge in [-0.15, -0.1) is 13.2 Å². The van der Waals surface area contributed by atoms with Crippen molar-refractivity contribution >= 4 is 27.5 Å². The highest BCUT2D eigenvalue weighted by atomic mass is 32.2. The summed E-state index contributed by atoms with van der Waals surface area (Å²) in [5.74, 6) is -1.90. The summed E-state index contributed by atoms with van der Waals surface area (Å²) in [5.41, 5.74) is 0.316. The highest BCUT2D eigenvalue weighted by Gasteiger charge is 2.38. The van der Waals surface area contributed by atoms with Crippen molar-refractivity contribution in [1.82, 2.24) is 5.32 Å². The fourth-order valence-corrected chi connectivity index (χ4v) is 4.22. The minimum Gasteiger partial charge on any atom is -0.406 e. The minimum absolute atomic E-state index is 0.0976. The second kappa shape index (κ2) is 7.43. The summed E-state index contributed by atoms with van der Waals surface area (Å²) < 4.78 is 81.0. The van der Waals surface area contributed by atoms with Gasteiger partial charge in [0, 0.05) is 25.2 Å². The lowest BCUT2D eigenvalue weighted by Crippen LogP contribution is -2.40. The number of benzene rings is 2. The average Bonchev–Trinajstić information content (AvgIpc) is 2.80. The van der Waals surface area contributed by atoms with Gasteiger partial charge in [-0.1, -0.05) is 6.07 Å². The largest absolute Gasteiger partial charge is 0.573 e. The first-order chi connectivity index (χ1) is 13.5. The van der Waals surface area contributed by atoms with Crippen LogP contribution < -0.4 is 18.7 Å². The molecule has 0 aromatic heterocycles. The number of nitrogens with one attached hydrogen (secondary N) is 1. The van der Waals surface area contributed by atoms with E-state index in [1.165, 1.54) is 25.2 Å². The van der Waals surface area contributed by atoms with Crippen molar-refractivity contribution in [2.45, 2.75) is 6.36 Å². The van der Waals surface area contributed by atoms with Gasteiger partial charge in [-0.2, -0.15) is 8.42 Å². The van der Waals surface area contributed by atoms with Gasteiger partial charge in [0.15, 0.2) is 0 Å². The zero-order valence-corrected chi connectivity index (χ0v) is 15.7. The molecule has 0 atom stereocenters. The molecule has 0 bridgehead atoms. The predicted octanol–water partition coefficient (Wildman–Crippen LogP) is 2.66. The number of nitrogens with zero attached hydrogens (tertiary/aromatic N) is 2. The number of rotatable bonds is 5. The number of carbonyl (C=O) groups is 1. The Morgan fingerprint density at radius 1 is 1.14 bits per heavy atom. The first-order valence-electron chi connectivity index (χ1n) is 8.19. The Hall–Kier alpha value is -3.02. The number of anilines is 2. The van der Waals surface area contributed by atoms with Crippen LogP contribution in [0, 0.1) is 5.82 Å². The number of hydrogen-bond donors (Lipinski definition) is 1. The number of ether oxygens (including phenoxy) is 1. The molecule has 12 heteroatoms. The van der Waals surface area contributed by atoms with Gasteiger partial charge in [0.25, 0.3) is 5.91 Å². The van der Waals surface area contributed by atoms with E-state index in [-0.39, 0.29) is 30.0 Å². The molecule has 1 aliphatic rings. The Labute approximate surface area is 163 Å². The van der Waals surface area contributed by atoms with Crippen LogP contribution in [0.3, 0.4) is 0 Å². The quantitative estimate of drug-likeness (QED) is 0.736. The number of fused-ring (bicyclic) bond motifs is 1. The first-order valence-corrected chi connectivity index (χ1v) is 9.59. The van der Waals surface area contributed by atoms with E-state index in [1.54, 1.807) is 0 Å². The van der Waals surface area contributed by atoms with E-state index in [9.17, 15) is 30.8 Å². The number of alkyl halides is 3. The van der Waals surface area contributed by atoms with Crippen molar-refractivity contribution in [1.29, 1.82) is 0 Å². The van der Waals surface area contributed by atoms with Crippen LogP contribution in [-0.4, -0.2) is 40.8 Å². The van der Waals surface area contributed by atoms with E-state index in [1.807, 2.05) is 0 Å². The number of halogens is 4. The summed E-state index contributed by atoms with van der Waals surface area (Å²) in [5, 5.41) is 2.42. The number of carbonyl (C=O) groups excluding carboxylic acids is 1. The normalized spacial score (nSPS) is 15.2. The second-order valence-corrected chi connectivity index (χ2v) is 7.90. The molecule has 0 saturated carbocycles. The highest BCUT2D eigenvalue weighted by molar-refractivity contribution is 7.94. The summed E-state index contributed by atoms with van der Waals surface area (Å²) in [7, 11) is -2.61. The van der Waals surface area contributed by atoms with Crippen LogP contribution in [0.2, 0.25) is 0 Å². The van der Waals surface area contributed by atoms with Gasteiger partial charge in [-0.25, -0.2) is 8.70 Å². The zero-order chi connectivity index (χ0) is 21.4. The molecule has 1 aliphatic heterocycles. The fraction of sp³-hybridized carbons (Fsp3) is 0.235. The molecule has 0 unspecified atom stereocenters. The molecule has 0 saturated heterocycles. The molecular weight excluding hydrogens is 418 g/mol. The Morgan fingerprint density at radius 3 is 2.55 bits per heavy atom. The van der Waals surface area contributed by atoms with Crippen LogP contribution in [0.15, 0.2) is 42.5 Å². The van der Waals surface area contributed by atoms with E-state index in [4.69, 9.17) is 0 Å². The Balaban J connectivity index is 1.68. The molecule has 7 nitrogen and oxygen atoms in total. The van der Waals surface area contributed by atoms with E-state index < -0.39 is 34.0 Å². The number of amides is 1. The molecule has 2 aromatic rings. The third-order valence-corrected chi connectivity index (χ3v) is 5.93. The van der Waals surface area contributed by atoms with Crippen LogP contribution >= 0.6 is 0 Å². The molecule has 3 rings (SSSR count). The smallest absolute Gasteiger partial charge is 0.406 e. The fourth-order valence-electron chi connectivity index (χ4n) is 2.80. The van der Waals surface area contributed by atoms with Crippen molar-refractivity contribution in [3.8, 4) is 5.75 Å². The van der Waals surface area contributed by atoms with Crippen molar-refractivity contribution in [3.63, 3.8) is 0 Å². The Bertz CT molecular complexity index is 1040. The van der Waals surface area contributed by atoms with E-state index in [0.29, 0.717) is 0 Å². The van der Waals surface area contributed by atoms with Gasteiger partial charge < -0.3 is 10.1 Å². The molecule has 29 heavy (non-hydrogen) atoms. The maximum Gasteiger partial charge on any atom is 0.573 e. The topological polar surface area (TPSA) is 79.0 Å². The van der Waals surface area contributed by atoms with Crippen molar-refractivity contribution < 1.29 is 35.5 Å². The molecule has 1 N–H and O–H groups in total. The Morgan fingerprint density at radius 2 is 1.86 bits per heavy atom. The summed E-state index contributed by atoms with van der Waals surface area (Å²) in [4.78, 5) is 12.2. The molecule has 156 valence electrons. The van der Waals surface area contributed by atoms with Gasteiger partial charge in [0.2, 0.25) is 0 Å². The van der Waals surface area contributed by atoms with Gasteiger partial charge in [-0.05, 0) is 30.3 Å². The van der Waals surface area contributed by atoms with Crippen molar-refractivity contribution in [3.05, 3.63) is 53.8 Å². The van der Waals surface area contributed by atoms with Gasteiger partial charge in [0.05, 0.1) is 17.9 Å². The summed E-state index contributed by atoms with van der Waals surface area (Å²) in [6, 6.07) is 7.98. The lowest BCUT2D eigenvalue weighted by molar-refractivity contribution is -0.274. The van der Waals surface area contributed by atoms with Crippen molar-refractivity contribution in [2.75, 3.05) is 28.7 Å². The molecule has 1 heterocycles. The molecule has 0 radical (unpaired) electrons. The number of hydrogen-bond acceptors (Lipinski definition) is 4. The van der Waals surface area contributed by atoms with Gasteiger partial charge >= 0.3 is 16.6 Å². The van der Waals surface area contributed by atoms with Crippen LogP contribution in [0.1, 0.15) is 10.4 Å². The monoisotopic (exact) mass is 433 g/mol. The van der Waals surface area contributed by atoms with Crippen LogP contribution in [0.5, 0.6) is 5.75 Å². The molecule has 2 aromatic carbocycles. The summed E-state index contributed by atoms with van der Waals surface area (Å²) in [6.45, 7) is -0.361. The van der Waals surface area contributed by atoms with Gasteiger partial charge in [-0.3, -0.25) is 9.10 Å². The third kappa shape index (κ3) is 4.36. The highest BCUT2D eigenvalue weighted by Crippen LogP contribution is 2.39. The van der Waals surface area contributed by atoms with E-state index in [2.05, 4.69) is 10.1 Å². The van der Waals surface area contributed by atoms with Crippen molar-refractivity contribution in [2.24, 2.45) is 0 Å². The standard InChI is InChI=1S/C17H15F4N3O4S/c1-23-14-6-5-12(18)10-15(14)24(29(23,26)27)8-7-22-16(25)11-3-2-4-13(9-11)28-17(19,20)21/h2-6,9-10H,7-8H2,1H3,(H,22,25).